The third kappa shape index (κ3) is 3.53. The van der Waals surface area contributed by atoms with E-state index in [-0.39, 0.29) is 12.6 Å². The lowest BCUT2D eigenvalue weighted by atomic mass is 10.1. The largest absolute Gasteiger partial charge is 0.454 e. The number of nitrogens with zero attached hydrogens (tertiary/aromatic N) is 3. The standard InChI is InChI=1S/C26H19FN4O2/c27-19-7-9-20(10-8-19)31-14-21(18-4-2-1-3-5-18)24-25(29-15-30-26(24)31)28-13-17-6-11-22-23(12-17)33-16-32-22/h1-12,14-15H,13,16H2,(H,28,29,30). The molecule has 3 aromatic carbocycles. The molecule has 0 unspecified atom stereocenters. The summed E-state index contributed by atoms with van der Waals surface area (Å²) in [7, 11) is 0. The highest BCUT2D eigenvalue weighted by Crippen LogP contribution is 2.36. The first-order valence-corrected chi connectivity index (χ1v) is 10.6. The Bertz CT molecular complexity index is 1450. The SMILES string of the molecule is Fc1ccc(-n2cc(-c3ccccc3)c3c(NCc4ccc5c(c4)OCO5)ncnc32)cc1. The van der Waals surface area contributed by atoms with Crippen molar-refractivity contribution in [3.8, 4) is 28.3 Å². The molecule has 0 amide bonds. The number of fused-ring (bicyclic) bond motifs is 2. The van der Waals surface area contributed by atoms with Crippen LogP contribution in [0.15, 0.2) is 85.3 Å². The maximum Gasteiger partial charge on any atom is 0.231 e. The van der Waals surface area contributed by atoms with Crippen LogP contribution in [-0.4, -0.2) is 21.3 Å². The van der Waals surface area contributed by atoms with Crippen molar-refractivity contribution in [1.82, 2.24) is 14.5 Å². The summed E-state index contributed by atoms with van der Waals surface area (Å²) in [6.45, 7) is 0.800. The number of halogens is 1. The van der Waals surface area contributed by atoms with Crippen LogP contribution in [0.5, 0.6) is 11.5 Å². The van der Waals surface area contributed by atoms with Crippen LogP contribution in [0.3, 0.4) is 0 Å². The molecule has 0 bridgehead atoms. The molecule has 7 heteroatoms. The Balaban J connectivity index is 1.44. The van der Waals surface area contributed by atoms with Crippen molar-refractivity contribution in [3.63, 3.8) is 0 Å². The van der Waals surface area contributed by atoms with E-state index in [0.29, 0.717) is 6.54 Å². The van der Waals surface area contributed by atoms with Crippen LogP contribution in [0.4, 0.5) is 10.2 Å². The molecule has 0 radical (unpaired) electrons. The van der Waals surface area contributed by atoms with E-state index in [2.05, 4.69) is 27.4 Å². The summed E-state index contributed by atoms with van der Waals surface area (Å²) in [6, 6.07) is 22.4. The molecule has 162 valence electrons. The van der Waals surface area contributed by atoms with E-state index in [1.54, 1.807) is 18.5 Å². The third-order valence-corrected chi connectivity index (χ3v) is 5.67. The van der Waals surface area contributed by atoms with Gasteiger partial charge in [-0.1, -0.05) is 36.4 Å². The Morgan fingerprint density at radius 2 is 1.73 bits per heavy atom. The first kappa shape index (κ1) is 19.3. The van der Waals surface area contributed by atoms with Gasteiger partial charge in [-0.3, -0.25) is 0 Å². The maximum absolute atomic E-state index is 13.5. The summed E-state index contributed by atoms with van der Waals surface area (Å²) in [4.78, 5) is 9.12. The van der Waals surface area contributed by atoms with Gasteiger partial charge in [-0.05, 0) is 47.5 Å². The van der Waals surface area contributed by atoms with E-state index in [1.165, 1.54) is 12.1 Å². The van der Waals surface area contributed by atoms with Crippen molar-refractivity contribution >= 4 is 16.9 Å². The Morgan fingerprint density at radius 1 is 0.909 bits per heavy atom. The molecule has 0 aliphatic carbocycles. The molecular weight excluding hydrogens is 419 g/mol. The number of hydrogen-bond donors (Lipinski definition) is 1. The van der Waals surface area contributed by atoms with Gasteiger partial charge in [0.15, 0.2) is 17.1 Å². The summed E-state index contributed by atoms with van der Waals surface area (Å²) in [5.74, 6) is 1.94. The zero-order valence-electron chi connectivity index (χ0n) is 17.5. The molecule has 6 rings (SSSR count). The van der Waals surface area contributed by atoms with E-state index in [9.17, 15) is 4.39 Å². The quantitative estimate of drug-likeness (QED) is 0.389. The maximum atomic E-state index is 13.5. The highest BCUT2D eigenvalue weighted by Gasteiger charge is 2.18. The van der Waals surface area contributed by atoms with E-state index >= 15 is 0 Å². The molecule has 0 fully saturated rings. The molecule has 33 heavy (non-hydrogen) atoms. The number of benzene rings is 3. The normalized spacial score (nSPS) is 12.3. The van der Waals surface area contributed by atoms with Gasteiger partial charge in [-0.2, -0.15) is 0 Å². The van der Waals surface area contributed by atoms with Gasteiger partial charge >= 0.3 is 0 Å². The van der Waals surface area contributed by atoms with Gasteiger partial charge in [0.05, 0.1) is 5.39 Å². The number of nitrogens with one attached hydrogen (secondary N) is 1. The van der Waals surface area contributed by atoms with Crippen molar-refractivity contribution in [1.29, 1.82) is 0 Å². The average molecular weight is 438 g/mol. The predicted molar refractivity (Wildman–Crippen MR) is 124 cm³/mol. The lowest BCUT2D eigenvalue weighted by Gasteiger charge is -2.09. The Morgan fingerprint density at radius 3 is 2.58 bits per heavy atom. The predicted octanol–water partition coefficient (Wildman–Crippen LogP) is 5.57. The number of aromatic nitrogens is 3. The van der Waals surface area contributed by atoms with E-state index in [0.717, 1.165) is 50.7 Å². The fourth-order valence-corrected chi connectivity index (χ4v) is 4.07. The molecule has 1 aliphatic rings. The van der Waals surface area contributed by atoms with Gasteiger partial charge in [0.25, 0.3) is 0 Å². The number of hydrogen-bond acceptors (Lipinski definition) is 5. The topological polar surface area (TPSA) is 61.2 Å². The summed E-state index contributed by atoms with van der Waals surface area (Å²) in [5.41, 5.74) is 4.64. The van der Waals surface area contributed by atoms with Crippen molar-refractivity contribution in [2.45, 2.75) is 6.54 Å². The van der Waals surface area contributed by atoms with Crippen LogP contribution in [0, 0.1) is 5.82 Å². The smallest absolute Gasteiger partial charge is 0.231 e. The number of anilines is 1. The molecule has 2 aromatic heterocycles. The monoisotopic (exact) mass is 438 g/mol. The van der Waals surface area contributed by atoms with Crippen LogP contribution in [0.1, 0.15) is 5.56 Å². The second-order valence-electron chi connectivity index (χ2n) is 7.72. The molecular formula is C26H19FN4O2. The van der Waals surface area contributed by atoms with Gasteiger partial charge < -0.3 is 19.4 Å². The molecule has 6 nitrogen and oxygen atoms in total. The van der Waals surface area contributed by atoms with Gasteiger partial charge in [0, 0.05) is 24.0 Å². The Kier molecular flexibility index (Phi) is 4.65. The van der Waals surface area contributed by atoms with Crippen molar-refractivity contribution in [3.05, 3.63) is 96.7 Å². The minimum atomic E-state index is -0.279. The van der Waals surface area contributed by atoms with Crippen molar-refractivity contribution < 1.29 is 13.9 Å². The van der Waals surface area contributed by atoms with Gasteiger partial charge in [-0.25, -0.2) is 14.4 Å². The zero-order valence-corrected chi connectivity index (χ0v) is 17.5. The second-order valence-corrected chi connectivity index (χ2v) is 7.72. The summed E-state index contributed by atoms with van der Waals surface area (Å²) < 4.78 is 26.4. The Hall–Kier alpha value is -4.39. The van der Waals surface area contributed by atoms with Crippen LogP contribution in [0.25, 0.3) is 27.8 Å². The second kappa shape index (κ2) is 7.94. The summed E-state index contributed by atoms with van der Waals surface area (Å²) >= 11 is 0. The molecule has 0 atom stereocenters. The van der Waals surface area contributed by atoms with E-state index < -0.39 is 0 Å². The molecule has 5 aromatic rings. The summed E-state index contributed by atoms with van der Waals surface area (Å²) in [6.07, 6.45) is 3.56. The van der Waals surface area contributed by atoms with Crippen molar-refractivity contribution in [2.24, 2.45) is 0 Å². The molecule has 1 N–H and O–H groups in total. The zero-order chi connectivity index (χ0) is 22.2. The highest BCUT2D eigenvalue weighted by atomic mass is 19.1. The van der Waals surface area contributed by atoms with Crippen LogP contribution < -0.4 is 14.8 Å². The van der Waals surface area contributed by atoms with Crippen molar-refractivity contribution in [2.75, 3.05) is 12.1 Å². The molecule has 0 spiro atoms. The first-order valence-electron chi connectivity index (χ1n) is 10.6. The number of ether oxygens (including phenoxy) is 2. The highest BCUT2D eigenvalue weighted by molar-refractivity contribution is 6.02. The molecule has 3 heterocycles. The molecule has 0 saturated carbocycles. The minimum Gasteiger partial charge on any atom is -0.454 e. The Labute approximate surface area is 189 Å². The van der Waals surface area contributed by atoms with Crippen LogP contribution in [-0.2, 0) is 6.54 Å². The summed E-state index contributed by atoms with van der Waals surface area (Å²) in [5, 5.41) is 4.36. The minimum absolute atomic E-state index is 0.246. The lowest BCUT2D eigenvalue weighted by Crippen LogP contribution is -2.03. The lowest BCUT2D eigenvalue weighted by molar-refractivity contribution is 0.174. The third-order valence-electron chi connectivity index (χ3n) is 5.67. The fourth-order valence-electron chi connectivity index (χ4n) is 4.07. The molecule has 1 aliphatic heterocycles. The number of rotatable bonds is 5. The fraction of sp³-hybridized carbons (Fsp3) is 0.0769. The van der Waals surface area contributed by atoms with E-state index in [1.807, 2.05) is 47.2 Å². The first-order chi connectivity index (χ1) is 16.3. The van der Waals surface area contributed by atoms with Gasteiger partial charge in [-0.15, -0.1) is 0 Å². The van der Waals surface area contributed by atoms with Crippen LogP contribution >= 0.6 is 0 Å². The van der Waals surface area contributed by atoms with E-state index in [4.69, 9.17) is 9.47 Å². The molecule has 0 saturated heterocycles. The van der Waals surface area contributed by atoms with Crippen LogP contribution in [0.2, 0.25) is 0 Å². The average Bonchev–Trinajstić information content (AvgIpc) is 3.49. The van der Waals surface area contributed by atoms with Gasteiger partial charge in [0.2, 0.25) is 6.79 Å². The van der Waals surface area contributed by atoms with Gasteiger partial charge in [0.1, 0.15) is 18.0 Å².